The van der Waals surface area contributed by atoms with Crippen molar-refractivity contribution < 1.29 is 23.8 Å². The van der Waals surface area contributed by atoms with Crippen LogP contribution in [0.1, 0.15) is 26.5 Å². The average Bonchev–Trinajstić information content (AvgIpc) is 2.84. The Balaban J connectivity index is 1.52. The minimum absolute atomic E-state index is 0.00445. The molecule has 4 rings (SSSR count). The Hall–Kier alpha value is -3.63. The Kier molecular flexibility index (Phi) is 7.06. The Morgan fingerprint density at radius 1 is 1.06 bits per heavy atom. The molecule has 9 nitrogen and oxygen atoms in total. The van der Waals surface area contributed by atoms with E-state index < -0.39 is 17.6 Å². The Bertz CT molecular complexity index is 1150. The molecule has 0 spiro atoms. The number of aromatic nitrogens is 2. The number of fused-ring (bicyclic) bond motifs is 1. The van der Waals surface area contributed by atoms with E-state index in [1.165, 1.54) is 30.5 Å². The summed E-state index contributed by atoms with van der Waals surface area (Å²) in [6.07, 6.45) is 1.46. The third-order valence-corrected chi connectivity index (χ3v) is 5.35. The summed E-state index contributed by atoms with van der Waals surface area (Å²) in [5, 5.41) is 16.4. The van der Waals surface area contributed by atoms with E-state index >= 15 is 0 Å². The number of hydrogen-bond donors (Lipinski definition) is 3. The fourth-order valence-corrected chi connectivity index (χ4v) is 3.56. The zero-order valence-electron chi connectivity index (χ0n) is 17.9. The van der Waals surface area contributed by atoms with Crippen LogP contribution >= 0.6 is 0 Å². The van der Waals surface area contributed by atoms with Crippen LogP contribution in [0.4, 0.5) is 4.39 Å². The zero-order chi connectivity index (χ0) is 23.2. The number of aromatic hydroxyl groups is 1. The second kappa shape index (κ2) is 10.3. The molecule has 0 radical (unpaired) electrons. The number of morpholine rings is 1. The van der Waals surface area contributed by atoms with E-state index in [9.17, 15) is 19.1 Å². The number of carbonyl (C=O) groups excluding carboxylic acids is 2. The van der Waals surface area contributed by atoms with Gasteiger partial charge >= 0.3 is 0 Å². The van der Waals surface area contributed by atoms with Gasteiger partial charge in [0.2, 0.25) is 0 Å². The summed E-state index contributed by atoms with van der Waals surface area (Å²) >= 11 is 0. The van der Waals surface area contributed by atoms with Crippen molar-refractivity contribution in [3.63, 3.8) is 0 Å². The van der Waals surface area contributed by atoms with Gasteiger partial charge in [-0.2, -0.15) is 0 Å². The van der Waals surface area contributed by atoms with Crippen molar-refractivity contribution in [1.82, 2.24) is 25.5 Å². The molecule has 0 saturated carbocycles. The fourth-order valence-electron chi connectivity index (χ4n) is 3.56. The Labute approximate surface area is 189 Å². The first-order valence-corrected chi connectivity index (χ1v) is 10.6. The van der Waals surface area contributed by atoms with Gasteiger partial charge in [0.15, 0.2) is 11.4 Å². The molecule has 1 aliphatic heterocycles. The summed E-state index contributed by atoms with van der Waals surface area (Å²) in [4.78, 5) is 36.2. The van der Waals surface area contributed by atoms with Crippen molar-refractivity contribution >= 4 is 22.7 Å². The zero-order valence-corrected chi connectivity index (χ0v) is 17.9. The van der Waals surface area contributed by atoms with Gasteiger partial charge in [0, 0.05) is 44.3 Å². The highest BCUT2D eigenvalue weighted by atomic mass is 19.1. The van der Waals surface area contributed by atoms with Crippen molar-refractivity contribution in [2.75, 3.05) is 39.4 Å². The number of nitrogens with one attached hydrogen (secondary N) is 2. The highest BCUT2D eigenvalue weighted by molar-refractivity contribution is 6.09. The van der Waals surface area contributed by atoms with Gasteiger partial charge in [-0.1, -0.05) is 12.1 Å². The molecule has 0 bridgehead atoms. The predicted molar refractivity (Wildman–Crippen MR) is 118 cm³/mol. The number of carbonyl (C=O) groups is 2. The summed E-state index contributed by atoms with van der Waals surface area (Å²) in [5.74, 6) is -1.93. The van der Waals surface area contributed by atoms with E-state index in [4.69, 9.17) is 4.74 Å². The second-order valence-electron chi connectivity index (χ2n) is 7.58. The first-order valence-electron chi connectivity index (χ1n) is 10.6. The molecule has 1 aromatic carbocycles. The fraction of sp³-hybridized carbons (Fsp3) is 0.304. The molecule has 1 aliphatic rings. The smallest absolute Gasteiger partial charge is 0.274 e. The number of benzene rings is 1. The summed E-state index contributed by atoms with van der Waals surface area (Å²) in [7, 11) is 0. The van der Waals surface area contributed by atoms with Crippen molar-refractivity contribution in [3.8, 4) is 5.75 Å². The largest absolute Gasteiger partial charge is 0.504 e. The molecule has 3 N–H and O–H groups in total. The van der Waals surface area contributed by atoms with Crippen LogP contribution in [-0.2, 0) is 11.3 Å². The van der Waals surface area contributed by atoms with Crippen LogP contribution in [-0.4, -0.2) is 71.2 Å². The monoisotopic (exact) mass is 453 g/mol. The van der Waals surface area contributed by atoms with Crippen LogP contribution in [0.5, 0.6) is 5.75 Å². The molecular weight excluding hydrogens is 429 g/mol. The van der Waals surface area contributed by atoms with E-state index in [1.807, 2.05) is 0 Å². The van der Waals surface area contributed by atoms with Gasteiger partial charge in [0.05, 0.1) is 13.2 Å². The van der Waals surface area contributed by atoms with Gasteiger partial charge in [0.1, 0.15) is 17.0 Å². The average molecular weight is 453 g/mol. The highest BCUT2D eigenvalue weighted by Crippen LogP contribution is 2.27. The number of amides is 2. The SMILES string of the molecule is O=C(NCc1ccc(F)cc1)c1nc(C(=O)NCCN2CCOCC2)c2cccnc2c1O. The summed E-state index contributed by atoms with van der Waals surface area (Å²) in [6.45, 7) is 4.10. The summed E-state index contributed by atoms with van der Waals surface area (Å²) < 4.78 is 18.4. The first-order chi connectivity index (χ1) is 16.0. The van der Waals surface area contributed by atoms with Gasteiger partial charge in [-0.05, 0) is 29.8 Å². The van der Waals surface area contributed by atoms with Gasteiger partial charge in [-0.15, -0.1) is 0 Å². The van der Waals surface area contributed by atoms with Gasteiger partial charge in [0.25, 0.3) is 11.8 Å². The van der Waals surface area contributed by atoms with E-state index in [2.05, 4.69) is 25.5 Å². The first kappa shape index (κ1) is 22.6. The van der Waals surface area contributed by atoms with Crippen LogP contribution in [0.2, 0.25) is 0 Å². The molecule has 172 valence electrons. The maximum absolute atomic E-state index is 13.1. The number of ether oxygens (including phenoxy) is 1. The van der Waals surface area contributed by atoms with Crippen LogP contribution in [0.15, 0.2) is 42.6 Å². The van der Waals surface area contributed by atoms with Crippen molar-refractivity contribution in [1.29, 1.82) is 0 Å². The lowest BCUT2D eigenvalue weighted by molar-refractivity contribution is 0.0383. The Morgan fingerprint density at radius 3 is 2.55 bits per heavy atom. The topological polar surface area (TPSA) is 117 Å². The molecule has 0 aliphatic carbocycles. The standard InChI is InChI=1S/C23H24FN5O4/c24-16-5-3-15(4-6-16)14-27-23(32)20-21(30)18-17(2-1-7-25-18)19(28-20)22(31)26-8-9-29-10-12-33-13-11-29/h1-7,30H,8-14H2,(H,26,31)(H,27,32). The number of nitrogens with zero attached hydrogens (tertiary/aromatic N) is 3. The highest BCUT2D eigenvalue weighted by Gasteiger charge is 2.23. The molecule has 33 heavy (non-hydrogen) atoms. The van der Waals surface area contributed by atoms with Crippen LogP contribution in [0.3, 0.4) is 0 Å². The van der Waals surface area contributed by atoms with Crippen molar-refractivity contribution in [2.45, 2.75) is 6.54 Å². The van der Waals surface area contributed by atoms with Crippen LogP contribution < -0.4 is 10.6 Å². The van der Waals surface area contributed by atoms with Crippen molar-refractivity contribution in [2.24, 2.45) is 0 Å². The number of halogens is 1. The molecule has 2 aromatic heterocycles. The van der Waals surface area contributed by atoms with Crippen LogP contribution in [0.25, 0.3) is 10.9 Å². The molecule has 3 aromatic rings. The molecule has 10 heteroatoms. The van der Waals surface area contributed by atoms with E-state index in [1.54, 1.807) is 12.1 Å². The van der Waals surface area contributed by atoms with Gasteiger partial charge in [-0.3, -0.25) is 19.5 Å². The molecule has 3 heterocycles. The van der Waals surface area contributed by atoms with E-state index in [-0.39, 0.29) is 29.3 Å². The number of hydrogen-bond acceptors (Lipinski definition) is 7. The normalized spacial score (nSPS) is 14.2. The van der Waals surface area contributed by atoms with Gasteiger partial charge in [-0.25, -0.2) is 9.37 Å². The van der Waals surface area contributed by atoms with E-state index in [0.29, 0.717) is 37.3 Å². The Morgan fingerprint density at radius 2 is 1.79 bits per heavy atom. The van der Waals surface area contributed by atoms with E-state index in [0.717, 1.165) is 13.1 Å². The lowest BCUT2D eigenvalue weighted by atomic mass is 10.1. The molecule has 1 saturated heterocycles. The number of pyridine rings is 2. The quantitative estimate of drug-likeness (QED) is 0.496. The maximum atomic E-state index is 13.1. The molecule has 0 atom stereocenters. The van der Waals surface area contributed by atoms with Crippen molar-refractivity contribution in [3.05, 3.63) is 65.4 Å². The lowest BCUT2D eigenvalue weighted by Gasteiger charge is -2.26. The maximum Gasteiger partial charge on any atom is 0.274 e. The number of rotatable bonds is 7. The predicted octanol–water partition coefficient (Wildman–Crippen LogP) is 1.47. The summed E-state index contributed by atoms with van der Waals surface area (Å²) in [6, 6.07) is 8.90. The molecule has 0 unspecified atom stereocenters. The van der Waals surface area contributed by atoms with Crippen LogP contribution in [0, 0.1) is 5.82 Å². The third-order valence-electron chi connectivity index (χ3n) is 5.35. The minimum atomic E-state index is -0.674. The molecular formula is C23H24FN5O4. The second-order valence-corrected chi connectivity index (χ2v) is 7.58. The summed E-state index contributed by atoms with van der Waals surface area (Å²) in [5.41, 5.74) is 0.480. The van der Waals surface area contributed by atoms with Gasteiger partial charge < -0.3 is 20.5 Å². The third kappa shape index (κ3) is 5.41. The lowest BCUT2D eigenvalue weighted by Crippen LogP contribution is -2.41. The molecule has 2 amide bonds. The minimum Gasteiger partial charge on any atom is -0.504 e. The molecule has 1 fully saturated rings.